The molecule has 1 aromatic heterocycles. The zero-order chi connectivity index (χ0) is 16.9. The predicted molar refractivity (Wildman–Crippen MR) is 92.2 cm³/mol. The van der Waals surface area contributed by atoms with Gasteiger partial charge < -0.3 is 15.7 Å². The Morgan fingerprint density at radius 3 is 2.42 bits per heavy atom. The lowest BCUT2D eigenvalue weighted by molar-refractivity contribution is -0.136. The number of aliphatic carboxylic acids is 1. The van der Waals surface area contributed by atoms with Gasteiger partial charge in [0.05, 0.1) is 23.3 Å². The number of anilines is 2. The highest BCUT2D eigenvalue weighted by atomic mass is 16.4. The summed E-state index contributed by atoms with van der Waals surface area (Å²) in [6.07, 6.45) is -0.209. The van der Waals surface area contributed by atoms with Crippen molar-refractivity contribution < 1.29 is 14.7 Å². The lowest BCUT2D eigenvalue weighted by atomic mass is 10.1. The van der Waals surface area contributed by atoms with Crippen LogP contribution in [0.1, 0.15) is 5.69 Å². The smallest absolute Gasteiger partial charge is 0.323 e. The van der Waals surface area contributed by atoms with E-state index >= 15 is 0 Å². The van der Waals surface area contributed by atoms with Crippen LogP contribution in [0.25, 0.3) is 10.9 Å². The van der Waals surface area contributed by atoms with Crippen molar-refractivity contribution in [1.82, 2.24) is 4.98 Å². The second-order valence-electron chi connectivity index (χ2n) is 5.19. The fraction of sp³-hybridized carbons (Fsp3) is 0.0556. The standard InChI is InChI=1S/C18H15N3O3/c22-17(23)11-13-10-16(14-8-4-5-9-15(14)19-13)21-18(24)20-12-6-2-1-3-7-12/h1-10H,11H2,(H,22,23)(H2,19,20,21,24). The number of amides is 2. The van der Waals surface area contributed by atoms with Crippen molar-refractivity contribution in [3.05, 3.63) is 66.4 Å². The molecule has 0 fully saturated rings. The molecule has 0 aliphatic heterocycles. The molecule has 0 radical (unpaired) electrons. The number of aromatic nitrogens is 1. The number of benzene rings is 2. The zero-order valence-corrected chi connectivity index (χ0v) is 12.7. The Balaban J connectivity index is 1.89. The van der Waals surface area contributed by atoms with Crippen LogP contribution in [0.4, 0.5) is 16.2 Å². The Labute approximate surface area is 138 Å². The van der Waals surface area contributed by atoms with E-state index in [-0.39, 0.29) is 6.42 Å². The molecule has 1 heterocycles. The Morgan fingerprint density at radius 2 is 1.67 bits per heavy atom. The number of fused-ring (bicyclic) bond motifs is 1. The third kappa shape index (κ3) is 3.67. The fourth-order valence-electron chi connectivity index (χ4n) is 2.39. The number of pyridine rings is 1. The number of carboxylic acids is 1. The minimum absolute atomic E-state index is 0.209. The fourth-order valence-corrected chi connectivity index (χ4v) is 2.39. The van der Waals surface area contributed by atoms with Crippen molar-refractivity contribution in [3.8, 4) is 0 Å². The molecule has 0 aliphatic rings. The second-order valence-corrected chi connectivity index (χ2v) is 5.19. The maximum absolute atomic E-state index is 12.2. The lowest BCUT2D eigenvalue weighted by Crippen LogP contribution is -2.20. The highest BCUT2D eigenvalue weighted by Gasteiger charge is 2.11. The van der Waals surface area contributed by atoms with Crippen molar-refractivity contribution in [3.63, 3.8) is 0 Å². The molecule has 0 spiro atoms. The summed E-state index contributed by atoms with van der Waals surface area (Å²) < 4.78 is 0. The molecule has 6 nitrogen and oxygen atoms in total. The molecule has 2 aromatic carbocycles. The molecule has 0 bridgehead atoms. The predicted octanol–water partition coefficient (Wildman–Crippen LogP) is 3.51. The Morgan fingerprint density at radius 1 is 0.958 bits per heavy atom. The first kappa shape index (κ1) is 15.5. The van der Waals surface area contributed by atoms with Crippen LogP contribution >= 0.6 is 0 Å². The maximum atomic E-state index is 12.2. The van der Waals surface area contributed by atoms with Gasteiger partial charge in [-0.2, -0.15) is 0 Å². The summed E-state index contributed by atoms with van der Waals surface area (Å²) in [5.41, 5.74) is 2.20. The van der Waals surface area contributed by atoms with E-state index in [0.717, 1.165) is 5.39 Å². The minimum atomic E-state index is -0.975. The van der Waals surface area contributed by atoms with Gasteiger partial charge in [-0.25, -0.2) is 4.79 Å². The van der Waals surface area contributed by atoms with Crippen molar-refractivity contribution in [1.29, 1.82) is 0 Å². The Hall–Kier alpha value is -3.41. The van der Waals surface area contributed by atoms with Crippen molar-refractivity contribution in [2.75, 3.05) is 10.6 Å². The van der Waals surface area contributed by atoms with Gasteiger partial charge in [0.25, 0.3) is 0 Å². The number of rotatable bonds is 4. The molecule has 3 N–H and O–H groups in total. The summed E-state index contributed by atoms with van der Waals surface area (Å²) in [5, 5.41) is 15.2. The molecule has 0 unspecified atom stereocenters. The molecule has 2 amide bonds. The third-order valence-corrected chi connectivity index (χ3v) is 3.38. The van der Waals surface area contributed by atoms with Crippen LogP contribution in [-0.2, 0) is 11.2 Å². The molecule has 6 heteroatoms. The second kappa shape index (κ2) is 6.78. The van der Waals surface area contributed by atoms with Gasteiger partial charge in [0.1, 0.15) is 0 Å². The molecule has 3 aromatic rings. The first-order chi connectivity index (χ1) is 11.6. The van der Waals surface area contributed by atoms with E-state index in [1.165, 1.54) is 0 Å². The number of urea groups is 1. The lowest BCUT2D eigenvalue weighted by Gasteiger charge is -2.11. The zero-order valence-electron chi connectivity index (χ0n) is 12.7. The molecule has 120 valence electrons. The first-order valence-corrected chi connectivity index (χ1v) is 7.35. The van der Waals surface area contributed by atoms with E-state index in [4.69, 9.17) is 5.11 Å². The van der Waals surface area contributed by atoms with Crippen LogP contribution in [0.5, 0.6) is 0 Å². The molecular formula is C18H15N3O3. The third-order valence-electron chi connectivity index (χ3n) is 3.38. The van der Waals surface area contributed by atoms with Gasteiger partial charge in [-0.3, -0.25) is 9.78 Å². The Bertz CT molecular complexity index is 894. The van der Waals surface area contributed by atoms with E-state index in [1.54, 1.807) is 24.3 Å². The molecule has 0 atom stereocenters. The number of carbonyl (C=O) groups is 2. The van der Waals surface area contributed by atoms with Crippen LogP contribution in [0, 0.1) is 0 Å². The van der Waals surface area contributed by atoms with E-state index in [1.807, 2.05) is 36.4 Å². The number of carbonyl (C=O) groups excluding carboxylic acids is 1. The monoisotopic (exact) mass is 321 g/mol. The summed E-state index contributed by atoms with van der Waals surface area (Å²) >= 11 is 0. The molecule has 3 rings (SSSR count). The average Bonchev–Trinajstić information content (AvgIpc) is 2.55. The first-order valence-electron chi connectivity index (χ1n) is 7.35. The summed E-state index contributed by atoms with van der Waals surface area (Å²) in [5.74, 6) is -0.975. The molecule has 0 saturated heterocycles. The van der Waals surface area contributed by atoms with Gasteiger partial charge in [-0.1, -0.05) is 36.4 Å². The van der Waals surface area contributed by atoms with Gasteiger partial charge in [0, 0.05) is 11.1 Å². The van der Waals surface area contributed by atoms with E-state index in [2.05, 4.69) is 15.6 Å². The molecular weight excluding hydrogens is 306 g/mol. The maximum Gasteiger partial charge on any atom is 0.323 e. The molecule has 24 heavy (non-hydrogen) atoms. The SMILES string of the molecule is O=C(O)Cc1cc(NC(=O)Nc2ccccc2)c2ccccc2n1. The number of hydrogen-bond donors (Lipinski definition) is 3. The van der Waals surface area contributed by atoms with E-state index in [0.29, 0.717) is 22.6 Å². The largest absolute Gasteiger partial charge is 0.481 e. The number of nitrogens with one attached hydrogen (secondary N) is 2. The van der Waals surface area contributed by atoms with Crippen LogP contribution in [0.15, 0.2) is 60.7 Å². The van der Waals surface area contributed by atoms with Crippen molar-refractivity contribution in [2.45, 2.75) is 6.42 Å². The van der Waals surface area contributed by atoms with Gasteiger partial charge in [0.15, 0.2) is 0 Å². The minimum Gasteiger partial charge on any atom is -0.481 e. The van der Waals surface area contributed by atoms with Crippen molar-refractivity contribution in [2.24, 2.45) is 0 Å². The topological polar surface area (TPSA) is 91.3 Å². The van der Waals surface area contributed by atoms with Crippen LogP contribution < -0.4 is 10.6 Å². The number of carboxylic acid groups (broad SMARTS) is 1. The highest BCUT2D eigenvalue weighted by Crippen LogP contribution is 2.23. The number of para-hydroxylation sites is 2. The van der Waals surface area contributed by atoms with Gasteiger partial charge >= 0.3 is 12.0 Å². The van der Waals surface area contributed by atoms with Crippen LogP contribution in [0.3, 0.4) is 0 Å². The van der Waals surface area contributed by atoms with E-state index < -0.39 is 12.0 Å². The van der Waals surface area contributed by atoms with Crippen LogP contribution in [0.2, 0.25) is 0 Å². The quantitative estimate of drug-likeness (QED) is 0.686. The van der Waals surface area contributed by atoms with Crippen molar-refractivity contribution >= 4 is 34.3 Å². The number of nitrogens with zero attached hydrogens (tertiary/aromatic N) is 1. The Kier molecular flexibility index (Phi) is 4.38. The van der Waals surface area contributed by atoms with Gasteiger partial charge in [-0.05, 0) is 24.3 Å². The normalized spacial score (nSPS) is 10.3. The average molecular weight is 321 g/mol. The van der Waals surface area contributed by atoms with Crippen LogP contribution in [-0.4, -0.2) is 22.1 Å². The molecule has 0 saturated carbocycles. The number of hydrogen-bond acceptors (Lipinski definition) is 3. The van der Waals surface area contributed by atoms with Gasteiger partial charge in [0.2, 0.25) is 0 Å². The van der Waals surface area contributed by atoms with E-state index in [9.17, 15) is 9.59 Å². The highest BCUT2D eigenvalue weighted by molar-refractivity contribution is 6.05. The van der Waals surface area contributed by atoms with Gasteiger partial charge in [-0.15, -0.1) is 0 Å². The summed E-state index contributed by atoms with van der Waals surface area (Å²) in [6, 6.07) is 17.5. The summed E-state index contributed by atoms with van der Waals surface area (Å²) in [7, 11) is 0. The summed E-state index contributed by atoms with van der Waals surface area (Å²) in [4.78, 5) is 27.5. The molecule has 0 aliphatic carbocycles. The summed E-state index contributed by atoms with van der Waals surface area (Å²) in [6.45, 7) is 0.